The fraction of sp³-hybridized carbons (Fsp3) is 0.409. The second-order valence-electron chi connectivity index (χ2n) is 7.71. The van der Waals surface area contributed by atoms with Gasteiger partial charge < -0.3 is 24.8 Å². The number of para-hydroxylation sites is 1. The van der Waals surface area contributed by atoms with Crippen LogP contribution in [0.1, 0.15) is 29.3 Å². The van der Waals surface area contributed by atoms with Gasteiger partial charge in [0.2, 0.25) is 0 Å². The first-order valence-corrected chi connectivity index (χ1v) is 9.62. The Labute approximate surface area is 165 Å². The Morgan fingerprint density at radius 3 is 2.71 bits per heavy atom. The molecule has 1 unspecified atom stereocenters. The summed E-state index contributed by atoms with van der Waals surface area (Å²) >= 11 is 0. The van der Waals surface area contributed by atoms with Crippen molar-refractivity contribution in [3.8, 4) is 11.5 Å². The van der Waals surface area contributed by atoms with Crippen molar-refractivity contribution in [2.24, 2.45) is 0 Å². The van der Waals surface area contributed by atoms with Gasteiger partial charge in [0.25, 0.3) is 0 Å². The molecule has 2 aliphatic rings. The van der Waals surface area contributed by atoms with Gasteiger partial charge in [0.1, 0.15) is 23.7 Å². The Balaban J connectivity index is 1.58. The molecule has 2 N–H and O–H groups in total. The molecule has 2 aliphatic heterocycles. The number of hydrogen-bond acceptors (Lipinski definition) is 6. The molecule has 0 spiro atoms. The van der Waals surface area contributed by atoms with Crippen molar-refractivity contribution < 1.29 is 19.0 Å². The minimum atomic E-state index is -0.748. The highest BCUT2D eigenvalue weighted by Crippen LogP contribution is 2.40. The number of rotatable bonds is 4. The maximum absolute atomic E-state index is 12.8. The number of Topliss-reactive ketones (excluding diaryl/α,β-unsaturated/α-hetero) is 1. The van der Waals surface area contributed by atoms with Gasteiger partial charge in [0.15, 0.2) is 5.78 Å². The maximum Gasteiger partial charge on any atom is 0.172 e. The third-order valence-corrected chi connectivity index (χ3v) is 5.29. The molecule has 6 nitrogen and oxygen atoms in total. The maximum atomic E-state index is 12.8. The van der Waals surface area contributed by atoms with E-state index in [1.54, 1.807) is 0 Å². The summed E-state index contributed by atoms with van der Waals surface area (Å²) in [4.78, 5) is 15.0. The number of nitrogen functional groups attached to an aromatic ring is 1. The summed E-state index contributed by atoms with van der Waals surface area (Å²) in [6.07, 6.45) is 0.229. The number of morpholine rings is 1. The summed E-state index contributed by atoms with van der Waals surface area (Å²) < 4.78 is 17.7. The average molecular weight is 382 g/mol. The number of nitrogens with two attached hydrogens (primary N) is 1. The van der Waals surface area contributed by atoms with Crippen LogP contribution in [0.25, 0.3) is 0 Å². The van der Waals surface area contributed by atoms with Crippen LogP contribution in [0.5, 0.6) is 11.5 Å². The number of nitrogens with zero attached hydrogens (tertiary/aromatic N) is 1. The van der Waals surface area contributed by atoms with Gasteiger partial charge in [-0.3, -0.25) is 4.79 Å². The van der Waals surface area contributed by atoms with Gasteiger partial charge in [-0.05, 0) is 31.5 Å². The van der Waals surface area contributed by atoms with Gasteiger partial charge in [-0.2, -0.15) is 0 Å². The first-order chi connectivity index (χ1) is 13.5. The van der Waals surface area contributed by atoms with E-state index in [0.717, 1.165) is 30.1 Å². The Hall–Kier alpha value is -2.73. The molecule has 2 aromatic rings. The topological polar surface area (TPSA) is 74.0 Å². The van der Waals surface area contributed by atoms with Crippen LogP contribution < -0.4 is 20.1 Å². The molecule has 0 amide bonds. The lowest BCUT2D eigenvalue weighted by Gasteiger charge is -2.36. The number of carbonyl (C=O) groups is 1. The van der Waals surface area contributed by atoms with Crippen molar-refractivity contribution in [3.05, 3.63) is 47.5 Å². The number of benzene rings is 2. The molecule has 0 radical (unpaired) electrons. The van der Waals surface area contributed by atoms with Crippen molar-refractivity contribution in [2.75, 3.05) is 43.5 Å². The smallest absolute Gasteiger partial charge is 0.172 e. The van der Waals surface area contributed by atoms with Gasteiger partial charge in [0.05, 0.1) is 25.2 Å². The van der Waals surface area contributed by atoms with E-state index in [4.69, 9.17) is 19.9 Å². The predicted octanol–water partition coefficient (Wildman–Crippen LogP) is 3.22. The van der Waals surface area contributed by atoms with E-state index in [0.29, 0.717) is 30.2 Å². The van der Waals surface area contributed by atoms with E-state index in [9.17, 15) is 4.79 Å². The summed E-state index contributed by atoms with van der Waals surface area (Å²) in [7, 11) is 0. The Morgan fingerprint density at radius 2 is 1.96 bits per heavy atom. The van der Waals surface area contributed by atoms with Crippen LogP contribution >= 0.6 is 0 Å². The third-order valence-electron chi connectivity index (χ3n) is 5.29. The summed E-state index contributed by atoms with van der Waals surface area (Å²) in [6, 6.07) is 11.6. The molecular formula is C22H26N2O4. The van der Waals surface area contributed by atoms with Gasteiger partial charge in [0, 0.05) is 30.5 Å². The molecule has 4 rings (SSSR count). The molecule has 2 heterocycles. The highest BCUT2D eigenvalue weighted by atomic mass is 16.5. The number of fused-ring (bicyclic) bond motifs is 1. The van der Waals surface area contributed by atoms with Crippen LogP contribution in [-0.4, -0.2) is 44.3 Å². The number of ether oxygens (including phenoxy) is 3. The zero-order valence-corrected chi connectivity index (χ0v) is 16.4. The quantitative estimate of drug-likeness (QED) is 0.819. The van der Waals surface area contributed by atoms with E-state index in [-0.39, 0.29) is 18.8 Å². The number of ketones is 1. The molecule has 0 saturated carbocycles. The van der Waals surface area contributed by atoms with Gasteiger partial charge in [-0.25, -0.2) is 0 Å². The largest absolute Gasteiger partial charge is 0.489 e. The Kier molecular flexibility index (Phi) is 4.89. The zero-order valence-electron chi connectivity index (χ0n) is 16.4. The molecule has 0 aliphatic carbocycles. The van der Waals surface area contributed by atoms with Crippen LogP contribution in [0, 0.1) is 6.92 Å². The number of aryl methyl sites for hydroxylation is 1. The molecule has 1 atom stereocenters. The summed E-state index contributed by atoms with van der Waals surface area (Å²) in [6.45, 7) is 7.13. The molecular weight excluding hydrogens is 356 g/mol. The molecule has 148 valence electrons. The molecule has 1 fully saturated rings. The molecule has 28 heavy (non-hydrogen) atoms. The number of carbonyl (C=O) groups excluding carboxylic acids is 1. The second kappa shape index (κ2) is 7.36. The van der Waals surface area contributed by atoms with Gasteiger partial charge >= 0.3 is 0 Å². The van der Waals surface area contributed by atoms with E-state index < -0.39 is 5.60 Å². The van der Waals surface area contributed by atoms with Crippen molar-refractivity contribution in [1.82, 2.24) is 0 Å². The average Bonchev–Trinajstić information content (AvgIpc) is 2.67. The lowest BCUT2D eigenvalue weighted by atomic mass is 9.91. The fourth-order valence-corrected chi connectivity index (χ4v) is 3.76. The summed E-state index contributed by atoms with van der Waals surface area (Å²) in [5.41, 5.74) is 8.42. The fourth-order valence-electron chi connectivity index (χ4n) is 3.76. The predicted molar refractivity (Wildman–Crippen MR) is 109 cm³/mol. The number of anilines is 2. The number of hydrogen-bond donors (Lipinski definition) is 1. The lowest BCUT2D eigenvalue weighted by molar-refractivity contribution is 0.0190. The van der Waals surface area contributed by atoms with Crippen molar-refractivity contribution in [1.29, 1.82) is 0 Å². The first kappa shape index (κ1) is 18.6. The lowest BCUT2D eigenvalue weighted by Crippen LogP contribution is -2.44. The minimum Gasteiger partial charge on any atom is -0.489 e. The normalized spacial score (nSPS) is 21.8. The van der Waals surface area contributed by atoms with E-state index >= 15 is 0 Å². The highest BCUT2D eigenvalue weighted by Gasteiger charge is 2.39. The van der Waals surface area contributed by atoms with Crippen LogP contribution in [0.3, 0.4) is 0 Å². The van der Waals surface area contributed by atoms with Gasteiger partial charge in [-0.1, -0.05) is 18.2 Å². The molecule has 2 aromatic carbocycles. The zero-order chi connectivity index (χ0) is 19.7. The van der Waals surface area contributed by atoms with Crippen LogP contribution in [0.4, 0.5) is 11.4 Å². The van der Waals surface area contributed by atoms with Gasteiger partial charge in [-0.15, -0.1) is 0 Å². The van der Waals surface area contributed by atoms with Crippen LogP contribution in [0.15, 0.2) is 36.4 Å². The molecule has 6 heteroatoms. The molecule has 1 saturated heterocycles. The summed E-state index contributed by atoms with van der Waals surface area (Å²) in [5.74, 6) is 1.32. The van der Waals surface area contributed by atoms with E-state index in [1.807, 2.05) is 50.2 Å². The van der Waals surface area contributed by atoms with E-state index in [1.165, 1.54) is 0 Å². The van der Waals surface area contributed by atoms with E-state index in [2.05, 4.69) is 4.90 Å². The van der Waals surface area contributed by atoms with Crippen molar-refractivity contribution >= 4 is 17.2 Å². The van der Waals surface area contributed by atoms with Crippen LogP contribution in [0.2, 0.25) is 0 Å². The SMILES string of the molecule is Cc1ccccc1OCC1(C)CC(=O)c2c(N)cc(N3CCOCC3)cc2O1. The van der Waals surface area contributed by atoms with Crippen molar-refractivity contribution in [3.63, 3.8) is 0 Å². The minimum absolute atomic E-state index is 0.0110. The van der Waals surface area contributed by atoms with Crippen LogP contribution in [-0.2, 0) is 4.74 Å². The summed E-state index contributed by atoms with van der Waals surface area (Å²) in [5, 5.41) is 0. The monoisotopic (exact) mass is 382 g/mol. The second-order valence-corrected chi connectivity index (χ2v) is 7.71. The Bertz CT molecular complexity index is 892. The molecule has 0 bridgehead atoms. The standard InChI is InChI=1S/C22H26N2O4/c1-15-5-3-4-6-19(15)27-14-22(2)13-18(25)21-17(23)11-16(12-20(21)28-22)24-7-9-26-10-8-24/h3-6,11-12H,7-10,13-14,23H2,1-2H3. The van der Waals surface area contributed by atoms with Crippen molar-refractivity contribution in [2.45, 2.75) is 25.9 Å². The third kappa shape index (κ3) is 3.64. The Morgan fingerprint density at radius 1 is 1.21 bits per heavy atom. The first-order valence-electron chi connectivity index (χ1n) is 9.62. The molecule has 0 aromatic heterocycles. The highest BCUT2D eigenvalue weighted by molar-refractivity contribution is 6.05.